The number of aromatic nitrogens is 2. The summed E-state index contributed by atoms with van der Waals surface area (Å²) in [7, 11) is 1.38. The van der Waals surface area contributed by atoms with Crippen LogP contribution in [0.2, 0.25) is 0 Å². The third-order valence-corrected chi connectivity index (χ3v) is 3.91. The van der Waals surface area contributed by atoms with Gasteiger partial charge in [0.1, 0.15) is 0 Å². The van der Waals surface area contributed by atoms with Crippen molar-refractivity contribution in [3.05, 3.63) is 29.6 Å². The van der Waals surface area contributed by atoms with Crippen molar-refractivity contribution in [2.24, 2.45) is 0 Å². The van der Waals surface area contributed by atoms with Crippen LogP contribution in [0.4, 0.5) is 13.2 Å². The number of halogens is 4. The number of rotatable bonds is 1. The molecule has 0 unspecified atom stereocenters. The van der Waals surface area contributed by atoms with E-state index >= 15 is 0 Å². The Kier molecular flexibility index (Phi) is 5.32. The summed E-state index contributed by atoms with van der Waals surface area (Å²) in [6, 6.07) is 1.14. The van der Waals surface area contributed by atoms with E-state index in [2.05, 4.69) is 26.2 Å². The molecule has 0 atom stereocenters. The Hall–Kier alpha value is -0.440. The molecule has 0 aliphatic rings. The van der Waals surface area contributed by atoms with Crippen molar-refractivity contribution >= 4 is 41.4 Å². The third kappa shape index (κ3) is 3.11. The Bertz CT molecular complexity index is 537. The van der Waals surface area contributed by atoms with Crippen molar-refractivity contribution in [3.8, 4) is 0 Å². The number of alkyl halides is 3. The maximum absolute atomic E-state index is 12.5. The molecule has 0 bridgehead atoms. The van der Waals surface area contributed by atoms with Crippen molar-refractivity contribution in [2.45, 2.75) is 26.9 Å². The van der Waals surface area contributed by atoms with Gasteiger partial charge in [0.25, 0.3) is 0 Å². The van der Waals surface area contributed by atoms with Crippen molar-refractivity contribution in [1.82, 2.24) is 8.96 Å². The van der Waals surface area contributed by atoms with Crippen molar-refractivity contribution in [3.63, 3.8) is 0 Å². The van der Waals surface area contributed by atoms with Gasteiger partial charge in [-0.15, -0.1) is 0 Å². The first-order chi connectivity index (χ1) is 8.43. The predicted molar refractivity (Wildman–Crippen MR) is 77.8 cm³/mol. The Morgan fingerprint density at radius 3 is 2.44 bits per heavy atom. The van der Waals surface area contributed by atoms with Gasteiger partial charge in [0.05, 0.1) is 5.56 Å². The summed E-state index contributed by atoms with van der Waals surface area (Å²) < 4.78 is 39.2. The molecule has 0 aromatic carbocycles. The second kappa shape index (κ2) is 6.14. The van der Waals surface area contributed by atoms with Gasteiger partial charge in [-0.2, -0.15) is 13.2 Å². The standard InChI is InChI=1S/C9H6F3IN2S.C2H6/c1-5-4-15(16-13)8-7(5)2-6(3-14-8)9(10,11)12;1-2/h2-4H,1H3;1-2H3. The van der Waals surface area contributed by atoms with Crippen molar-refractivity contribution in [2.75, 3.05) is 0 Å². The van der Waals surface area contributed by atoms with Gasteiger partial charge in [0.2, 0.25) is 0 Å². The summed E-state index contributed by atoms with van der Waals surface area (Å²) in [6.45, 7) is 5.77. The van der Waals surface area contributed by atoms with Crippen LogP contribution in [0.15, 0.2) is 18.5 Å². The van der Waals surface area contributed by atoms with E-state index in [0.717, 1.165) is 17.8 Å². The van der Waals surface area contributed by atoms with Crippen molar-refractivity contribution < 1.29 is 13.2 Å². The van der Waals surface area contributed by atoms with Crippen LogP contribution in [-0.4, -0.2) is 8.96 Å². The van der Waals surface area contributed by atoms with E-state index in [4.69, 9.17) is 0 Å². The van der Waals surface area contributed by atoms with Crippen LogP contribution in [0.1, 0.15) is 25.0 Å². The summed E-state index contributed by atoms with van der Waals surface area (Å²) in [5.74, 6) is 0. The van der Waals surface area contributed by atoms with E-state index in [1.165, 1.54) is 9.12 Å². The molecule has 2 nitrogen and oxygen atoms in total. The largest absolute Gasteiger partial charge is 0.417 e. The molecule has 100 valence electrons. The highest BCUT2D eigenvalue weighted by molar-refractivity contribution is 14.2. The van der Waals surface area contributed by atoms with Gasteiger partial charge < -0.3 is 0 Å². The molecule has 0 saturated carbocycles. The Labute approximate surface area is 120 Å². The predicted octanol–water partition coefficient (Wildman–Crippen LogP) is 5.24. The van der Waals surface area contributed by atoms with Crippen LogP contribution >= 0.6 is 30.3 Å². The molecule has 0 fully saturated rings. The van der Waals surface area contributed by atoms with Crippen molar-refractivity contribution in [1.29, 1.82) is 0 Å². The van der Waals surface area contributed by atoms with Crippen LogP contribution in [0.3, 0.4) is 0 Å². The zero-order valence-electron chi connectivity index (χ0n) is 10.0. The first-order valence-electron chi connectivity index (χ1n) is 5.27. The third-order valence-electron chi connectivity index (χ3n) is 2.21. The molecule has 0 radical (unpaired) electrons. The molecule has 2 aromatic heterocycles. The molecule has 2 rings (SSSR count). The summed E-state index contributed by atoms with van der Waals surface area (Å²) >= 11 is 2.06. The highest BCUT2D eigenvalue weighted by atomic mass is 127. The fraction of sp³-hybridized carbons (Fsp3) is 0.364. The zero-order valence-corrected chi connectivity index (χ0v) is 13.0. The first kappa shape index (κ1) is 15.6. The highest BCUT2D eigenvalue weighted by Crippen LogP contribution is 2.33. The minimum Gasteiger partial charge on any atom is -0.266 e. The summed E-state index contributed by atoms with van der Waals surface area (Å²) in [4.78, 5) is 3.86. The van der Waals surface area contributed by atoms with E-state index in [-0.39, 0.29) is 0 Å². The molecule has 2 heterocycles. The monoisotopic (exact) mass is 388 g/mol. The van der Waals surface area contributed by atoms with Gasteiger partial charge in [-0.3, -0.25) is 3.97 Å². The van der Waals surface area contributed by atoms with Gasteiger partial charge >= 0.3 is 6.18 Å². The maximum Gasteiger partial charge on any atom is 0.417 e. The molecular weight excluding hydrogens is 376 g/mol. The Morgan fingerprint density at radius 1 is 1.33 bits per heavy atom. The van der Waals surface area contributed by atoms with Crippen LogP contribution in [0.5, 0.6) is 0 Å². The van der Waals surface area contributed by atoms with Crippen LogP contribution in [-0.2, 0) is 6.18 Å². The molecule has 7 heteroatoms. The lowest BCUT2D eigenvalue weighted by Gasteiger charge is -2.06. The molecule has 0 aliphatic carbocycles. The lowest BCUT2D eigenvalue weighted by molar-refractivity contribution is -0.137. The molecular formula is C11H12F3IN2S. The second-order valence-corrected chi connectivity index (χ2v) is 5.01. The minimum absolute atomic E-state index is 0.541. The molecule has 0 saturated heterocycles. The van der Waals surface area contributed by atoms with E-state index in [0.29, 0.717) is 11.0 Å². The highest BCUT2D eigenvalue weighted by Gasteiger charge is 2.31. The average molecular weight is 388 g/mol. The summed E-state index contributed by atoms with van der Waals surface area (Å²) in [5.41, 5.74) is 0.641. The number of hydrogen-bond acceptors (Lipinski definition) is 2. The lowest BCUT2D eigenvalue weighted by atomic mass is 10.2. The van der Waals surface area contributed by atoms with E-state index in [9.17, 15) is 13.2 Å². The number of aryl methyl sites for hydroxylation is 1. The number of pyridine rings is 1. The van der Waals surface area contributed by atoms with E-state index < -0.39 is 11.7 Å². The maximum atomic E-state index is 12.5. The molecule has 0 spiro atoms. The topological polar surface area (TPSA) is 17.8 Å². The van der Waals surface area contributed by atoms with E-state index in [1.54, 1.807) is 17.1 Å². The fourth-order valence-electron chi connectivity index (χ4n) is 1.44. The summed E-state index contributed by atoms with van der Waals surface area (Å²) in [5, 5.41) is 0.541. The van der Waals surface area contributed by atoms with Gasteiger partial charge in [-0.1, -0.05) is 13.8 Å². The Morgan fingerprint density at radius 2 is 1.94 bits per heavy atom. The Balaban J connectivity index is 0.000000771. The van der Waals surface area contributed by atoms with Crippen LogP contribution < -0.4 is 0 Å². The van der Waals surface area contributed by atoms with Gasteiger partial charge in [0.15, 0.2) is 5.65 Å². The quantitative estimate of drug-likeness (QED) is 0.623. The molecule has 0 aliphatic heterocycles. The second-order valence-electron chi connectivity index (χ2n) is 3.30. The minimum atomic E-state index is -4.34. The number of nitrogens with zero attached hydrogens (tertiary/aromatic N) is 2. The zero-order chi connectivity index (χ0) is 13.9. The van der Waals surface area contributed by atoms with E-state index in [1.807, 2.05) is 13.8 Å². The average Bonchev–Trinajstić information content (AvgIpc) is 2.67. The van der Waals surface area contributed by atoms with Gasteiger partial charge in [-0.05, 0) is 18.6 Å². The molecule has 18 heavy (non-hydrogen) atoms. The lowest BCUT2D eigenvalue weighted by Crippen LogP contribution is -2.05. The fourth-order valence-corrected chi connectivity index (χ4v) is 2.75. The van der Waals surface area contributed by atoms with Crippen LogP contribution in [0.25, 0.3) is 11.0 Å². The smallest absolute Gasteiger partial charge is 0.266 e. The first-order valence-corrected chi connectivity index (χ1v) is 8.59. The molecule has 2 aromatic rings. The van der Waals surface area contributed by atoms with Gasteiger partial charge in [0, 0.05) is 48.1 Å². The molecule has 0 amide bonds. The molecule has 0 N–H and O–H groups in total. The number of fused-ring (bicyclic) bond motifs is 1. The number of hydrogen-bond donors (Lipinski definition) is 0. The summed E-state index contributed by atoms with van der Waals surface area (Å²) in [6.07, 6.45) is -1.70. The SMILES string of the molecule is CC.Cc1cn(SI)c2ncc(C(F)(F)F)cc12. The van der Waals surface area contributed by atoms with Gasteiger partial charge in [-0.25, -0.2) is 4.98 Å². The van der Waals surface area contributed by atoms with Crippen LogP contribution in [0, 0.1) is 6.92 Å². The normalized spacial score (nSPS) is 11.3.